The van der Waals surface area contributed by atoms with Crippen LogP contribution in [0.4, 0.5) is 0 Å². The van der Waals surface area contributed by atoms with E-state index in [0.29, 0.717) is 69.9 Å². The van der Waals surface area contributed by atoms with E-state index in [1.54, 1.807) is 41.2 Å². The number of thioether (sulfide) groups is 1. The van der Waals surface area contributed by atoms with E-state index >= 15 is 0 Å². The van der Waals surface area contributed by atoms with Crippen molar-refractivity contribution in [3.63, 3.8) is 0 Å². The van der Waals surface area contributed by atoms with Crippen LogP contribution in [0.15, 0.2) is 76.2 Å². The van der Waals surface area contributed by atoms with E-state index in [0.717, 1.165) is 12.0 Å². The van der Waals surface area contributed by atoms with Crippen molar-refractivity contribution in [1.82, 2.24) is 29.3 Å². The number of H-pyrrole nitrogens is 1. The average Bonchev–Trinajstić information content (AvgIpc) is 3.25. The zero-order chi connectivity index (χ0) is 25.4. The first-order valence-electron chi connectivity index (χ1n) is 11.7. The molecule has 186 valence electrons. The van der Waals surface area contributed by atoms with Crippen LogP contribution < -0.4 is 20.6 Å². The molecule has 1 aromatic carbocycles. The number of aromatic nitrogens is 6. The maximum Gasteiger partial charge on any atom is 0.266 e. The van der Waals surface area contributed by atoms with Crippen LogP contribution in [0.5, 0.6) is 11.5 Å². The third kappa shape index (κ3) is 4.38. The molecule has 6 rings (SSSR count). The number of ether oxygens (including phenoxy) is 2. The molecule has 0 saturated heterocycles. The Labute approximate surface area is 214 Å². The van der Waals surface area contributed by atoms with E-state index in [9.17, 15) is 9.59 Å². The van der Waals surface area contributed by atoms with Gasteiger partial charge in [0.2, 0.25) is 11.1 Å². The summed E-state index contributed by atoms with van der Waals surface area (Å²) in [5, 5.41) is 8.11. The lowest BCUT2D eigenvalue weighted by atomic mass is 10.1. The number of nitrogens with one attached hydrogen (secondary N) is 1. The average molecular weight is 515 g/mol. The van der Waals surface area contributed by atoms with E-state index in [1.807, 2.05) is 18.2 Å². The smallest absolute Gasteiger partial charge is 0.266 e. The summed E-state index contributed by atoms with van der Waals surface area (Å²) in [6.45, 7) is 5.23. The molecule has 0 spiro atoms. The summed E-state index contributed by atoms with van der Waals surface area (Å²) < 4.78 is 14.4. The first-order chi connectivity index (χ1) is 18.1. The largest absolute Gasteiger partial charge is 0.490 e. The topological polar surface area (TPSA) is 117 Å². The summed E-state index contributed by atoms with van der Waals surface area (Å²) in [7, 11) is 0. The lowest BCUT2D eigenvalue weighted by molar-refractivity contribution is 0.297. The molecule has 1 aliphatic rings. The molecule has 37 heavy (non-hydrogen) atoms. The van der Waals surface area contributed by atoms with Crippen LogP contribution in [-0.4, -0.2) is 48.3 Å². The molecule has 0 unspecified atom stereocenters. The van der Waals surface area contributed by atoms with Crippen molar-refractivity contribution in [3.8, 4) is 17.4 Å². The highest BCUT2D eigenvalue weighted by Gasteiger charge is 2.14. The molecule has 0 amide bonds. The summed E-state index contributed by atoms with van der Waals surface area (Å²) in [5.41, 5.74) is 1.33. The third-order valence-corrected chi connectivity index (χ3v) is 6.84. The van der Waals surface area contributed by atoms with Crippen LogP contribution >= 0.6 is 11.8 Å². The number of rotatable bonds is 6. The van der Waals surface area contributed by atoms with E-state index in [1.165, 1.54) is 16.3 Å². The van der Waals surface area contributed by atoms with Crippen molar-refractivity contribution in [3.05, 3.63) is 87.7 Å². The molecule has 4 aromatic heterocycles. The quantitative estimate of drug-likeness (QED) is 0.208. The maximum atomic E-state index is 13.4. The zero-order valence-corrected chi connectivity index (χ0v) is 20.5. The first kappa shape index (κ1) is 23.0. The molecule has 1 N–H and O–H groups in total. The van der Waals surface area contributed by atoms with E-state index < -0.39 is 0 Å². The van der Waals surface area contributed by atoms with Gasteiger partial charge in [-0.1, -0.05) is 23.9 Å². The molecule has 0 radical (unpaired) electrons. The zero-order valence-electron chi connectivity index (χ0n) is 19.7. The minimum Gasteiger partial charge on any atom is -0.490 e. The Kier molecular flexibility index (Phi) is 5.97. The standard InChI is InChI=1S/C26H22N6O4S/c1-2-12-37-26-28-25(29-30-26)32-9-7-20-18(24(32)34)14-17-19(27-20)6-8-31(23(17)33)15-16-4-5-21-22(13-16)36-11-3-10-35-21/h2,4-9,13-14H,1,3,10-12,15H2,(H,28,29,30). The molecular formula is C26H22N6O4S. The van der Waals surface area contributed by atoms with Gasteiger partial charge < -0.3 is 14.0 Å². The minimum atomic E-state index is -0.346. The van der Waals surface area contributed by atoms with Gasteiger partial charge in [0.05, 0.1) is 41.6 Å². The number of pyridine rings is 3. The molecule has 1 aliphatic heterocycles. The van der Waals surface area contributed by atoms with Crippen molar-refractivity contribution >= 4 is 33.6 Å². The molecular weight excluding hydrogens is 492 g/mol. The monoisotopic (exact) mass is 514 g/mol. The second kappa shape index (κ2) is 9.58. The number of benzene rings is 1. The Morgan fingerprint density at radius 3 is 2.59 bits per heavy atom. The highest BCUT2D eigenvalue weighted by atomic mass is 32.2. The van der Waals surface area contributed by atoms with Crippen molar-refractivity contribution in [2.24, 2.45) is 0 Å². The second-order valence-corrected chi connectivity index (χ2v) is 9.45. The van der Waals surface area contributed by atoms with Crippen LogP contribution in [0.3, 0.4) is 0 Å². The number of nitrogens with zero attached hydrogens (tertiary/aromatic N) is 5. The van der Waals surface area contributed by atoms with Crippen LogP contribution in [0, 0.1) is 0 Å². The molecule has 0 fully saturated rings. The van der Waals surface area contributed by atoms with Gasteiger partial charge in [0.1, 0.15) is 0 Å². The van der Waals surface area contributed by atoms with Gasteiger partial charge in [-0.25, -0.2) is 10.1 Å². The fourth-order valence-corrected chi connectivity index (χ4v) is 4.73. The van der Waals surface area contributed by atoms with Crippen LogP contribution in [0.25, 0.3) is 27.8 Å². The van der Waals surface area contributed by atoms with Crippen LogP contribution in [-0.2, 0) is 6.54 Å². The van der Waals surface area contributed by atoms with Gasteiger partial charge in [0.25, 0.3) is 11.1 Å². The summed E-state index contributed by atoms with van der Waals surface area (Å²) in [4.78, 5) is 35.7. The maximum absolute atomic E-state index is 13.4. The molecule has 0 aliphatic carbocycles. The number of aromatic amines is 1. The van der Waals surface area contributed by atoms with Gasteiger partial charge >= 0.3 is 0 Å². The van der Waals surface area contributed by atoms with Gasteiger partial charge in [0, 0.05) is 24.6 Å². The second-order valence-electron chi connectivity index (χ2n) is 8.47. The Bertz CT molecular complexity index is 1770. The lowest BCUT2D eigenvalue weighted by Gasteiger charge is -2.11. The van der Waals surface area contributed by atoms with Gasteiger partial charge in [-0.05, 0) is 35.9 Å². The molecule has 11 heteroatoms. The van der Waals surface area contributed by atoms with E-state index in [2.05, 4.69) is 26.7 Å². The van der Waals surface area contributed by atoms with Crippen LogP contribution in [0.2, 0.25) is 0 Å². The molecule has 0 atom stereocenters. The van der Waals surface area contributed by atoms with Crippen molar-refractivity contribution in [2.75, 3.05) is 19.0 Å². The number of hydrogen-bond donors (Lipinski definition) is 1. The minimum absolute atomic E-state index is 0.239. The van der Waals surface area contributed by atoms with Crippen LogP contribution in [0.1, 0.15) is 12.0 Å². The van der Waals surface area contributed by atoms with Crippen molar-refractivity contribution in [1.29, 1.82) is 0 Å². The Hall–Kier alpha value is -4.38. The summed E-state index contributed by atoms with van der Waals surface area (Å²) in [6.07, 6.45) is 5.88. The number of fused-ring (bicyclic) bond motifs is 3. The Balaban J connectivity index is 1.38. The summed E-state index contributed by atoms with van der Waals surface area (Å²) in [6, 6.07) is 10.8. The van der Waals surface area contributed by atoms with E-state index in [4.69, 9.17) is 9.47 Å². The van der Waals surface area contributed by atoms with E-state index in [-0.39, 0.29) is 11.1 Å². The molecule has 0 bridgehead atoms. The van der Waals surface area contributed by atoms with Gasteiger partial charge in [-0.15, -0.1) is 11.7 Å². The predicted molar refractivity (Wildman–Crippen MR) is 141 cm³/mol. The Morgan fingerprint density at radius 2 is 1.76 bits per heavy atom. The predicted octanol–water partition coefficient (Wildman–Crippen LogP) is 3.31. The third-order valence-electron chi connectivity index (χ3n) is 5.99. The first-order valence-corrected chi connectivity index (χ1v) is 12.7. The SMILES string of the molecule is C=CCSc1n[nH]c(-n2ccc3nc4ccn(Cc5ccc6c(c5)OCCCO6)c(=O)c4cc3c2=O)n1. The molecule has 5 aromatic rings. The molecule has 10 nitrogen and oxygen atoms in total. The fourth-order valence-electron chi connectivity index (χ4n) is 4.20. The Morgan fingerprint density at radius 1 is 0.973 bits per heavy atom. The lowest BCUT2D eigenvalue weighted by Crippen LogP contribution is -2.22. The van der Waals surface area contributed by atoms with Gasteiger partial charge in [-0.3, -0.25) is 14.2 Å². The summed E-state index contributed by atoms with van der Waals surface area (Å²) >= 11 is 1.40. The van der Waals surface area contributed by atoms with Gasteiger partial charge in [0.15, 0.2) is 11.5 Å². The fraction of sp³-hybridized carbons (Fsp3) is 0.192. The normalized spacial score (nSPS) is 13.1. The van der Waals surface area contributed by atoms with Crippen molar-refractivity contribution < 1.29 is 9.47 Å². The molecule has 0 saturated carbocycles. The van der Waals surface area contributed by atoms with Gasteiger partial charge in [-0.2, -0.15) is 4.98 Å². The van der Waals surface area contributed by atoms with Crippen molar-refractivity contribution in [2.45, 2.75) is 18.1 Å². The number of hydrogen-bond acceptors (Lipinski definition) is 8. The highest BCUT2D eigenvalue weighted by molar-refractivity contribution is 7.99. The summed E-state index contributed by atoms with van der Waals surface area (Å²) in [5.74, 6) is 2.32. The highest BCUT2D eigenvalue weighted by Crippen LogP contribution is 2.30. The molecule has 5 heterocycles.